The first-order valence-corrected chi connectivity index (χ1v) is 9.01. The Morgan fingerprint density at radius 1 is 1.30 bits per heavy atom. The Hall–Kier alpha value is -0.700. The number of likely N-dealkylation sites (tertiary alicyclic amines) is 1. The molecule has 1 amide bonds. The van der Waals surface area contributed by atoms with E-state index < -0.39 is 10.0 Å². The number of hydrogen-bond donors (Lipinski definition) is 2. The molecule has 2 rings (SSSR count). The van der Waals surface area contributed by atoms with Gasteiger partial charge in [-0.15, -0.1) is 0 Å². The van der Waals surface area contributed by atoms with Crippen molar-refractivity contribution in [3.05, 3.63) is 0 Å². The quantitative estimate of drug-likeness (QED) is 0.641. The van der Waals surface area contributed by atoms with Gasteiger partial charge in [0, 0.05) is 51.7 Å². The minimum Gasteiger partial charge on any atom is -0.340 e. The first kappa shape index (κ1) is 15.7. The number of piperazine rings is 1. The van der Waals surface area contributed by atoms with Crippen LogP contribution < -0.4 is 10.0 Å². The van der Waals surface area contributed by atoms with Crippen molar-refractivity contribution in [1.82, 2.24) is 19.8 Å². The molecule has 0 aromatic carbocycles. The Labute approximate surface area is 120 Å². The third kappa shape index (κ3) is 5.01. The highest BCUT2D eigenvalue weighted by molar-refractivity contribution is 7.88. The molecule has 2 aliphatic heterocycles. The molecule has 0 bridgehead atoms. The first-order valence-electron chi connectivity index (χ1n) is 7.12. The highest BCUT2D eigenvalue weighted by Gasteiger charge is 2.25. The minimum absolute atomic E-state index is 0.0145. The predicted octanol–water partition coefficient (Wildman–Crippen LogP) is -1.57. The van der Waals surface area contributed by atoms with Crippen molar-refractivity contribution in [3.63, 3.8) is 0 Å². The zero-order chi connectivity index (χ0) is 14.6. The maximum Gasteiger partial charge on any atom is 0.223 e. The summed E-state index contributed by atoms with van der Waals surface area (Å²) in [5.74, 6) is 0.200. The number of rotatable bonds is 5. The van der Waals surface area contributed by atoms with Gasteiger partial charge in [-0.1, -0.05) is 0 Å². The maximum atomic E-state index is 12.0. The van der Waals surface area contributed by atoms with Gasteiger partial charge in [0.05, 0.1) is 6.26 Å². The molecule has 2 saturated heterocycles. The summed E-state index contributed by atoms with van der Waals surface area (Å²) in [4.78, 5) is 16.1. The molecule has 0 aliphatic carbocycles. The van der Waals surface area contributed by atoms with E-state index in [0.717, 1.165) is 39.1 Å². The second kappa shape index (κ2) is 6.84. The molecule has 0 saturated carbocycles. The molecule has 1 atom stereocenters. The number of nitrogens with one attached hydrogen (secondary N) is 2. The van der Waals surface area contributed by atoms with Gasteiger partial charge in [0.1, 0.15) is 0 Å². The smallest absolute Gasteiger partial charge is 0.223 e. The summed E-state index contributed by atoms with van der Waals surface area (Å²) in [7, 11) is -3.14. The Kier molecular flexibility index (Phi) is 5.36. The van der Waals surface area contributed by atoms with Crippen molar-refractivity contribution in [1.29, 1.82) is 0 Å². The van der Waals surface area contributed by atoms with E-state index in [0.29, 0.717) is 19.5 Å². The lowest BCUT2D eigenvalue weighted by Gasteiger charge is -2.28. The molecule has 0 spiro atoms. The Bertz CT molecular complexity index is 434. The van der Waals surface area contributed by atoms with Crippen molar-refractivity contribution >= 4 is 15.9 Å². The number of nitrogens with zero attached hydrogens (tertiary/aromatic N) is 2. The van der Waals surface area contributed by atoms with Gasteiger partial charge in [-0.05, 0) is 13.0 Å². The van der Waals surface area contributed by atoms with Crippen LogP contribution in [-0.2, 0) is 14.8 Å². The lowest BCUT2D eigenvalue weighted by atomic mass is 10.3. The second-order valence-electron chi connectivity index (χ2n) is 5.56. The Morgan fingerprint density at radius 3 is 2.65 bits per heavy atom. The Balaban J connectivity index is 1.68. The number of carbonyl (C=O) groups excluding carboxylic acids is 1. The number of carbonyl (C=O) groups is 1. The van der Waals surface area contributed by atoms with E-state index in [4.69, 9.17) is 0 Å². The molecule has 1 unspecified atom stereocenters. The van der Waals surface area contributed by atoms with E-state index in [9.17, 15) is 13.2 Å². The normalized spacial score (nSPS) is 25.1. The van der Waals surface area contributed by atoms with Crippen LogP contribution in [0.2, 0.25) is 0 Å². The van der Waals surface area contributed by atoms with Crippen molar-refractivity contribution in [2.75, 3.05) is 52.1 Å². The average Bonchev–Trinajstić information content (AvgIpc) is 2.82. The molecule has 2 heterocycles. The van der Waals surface area contributed by atoms with Gasteiger partial charge in [0.15, 0.2) is 0 Å². The van der Waals surface area contributed by atoms with Crippen LogP contribution in [0.5, 0.6) is 0 Å². The molecular formula is C12H24N4O3S. The van der Waals surface area contributed by atoms with Crippen LogP contribution in [0.15, 0.2) is 0 Å². The number of sulfonamides is 1. The van der Waals surface area contributed by atoms with Gasteiger partial charge in [-0.25, -0.2) is 13.1 Å². The molecule has 2 fully saturated rings. The topological polar surface area (TPSA) is 81.8 Å². The number of hydrogen-bond acceptors (Lipinski definition) is 5. The summed E-state index contributed by atoms with van der Waals surface area (Å²) in [5, 5.41) is 3.22. The molecular weight excluding hydrogens is 280 g/mol. The maximum absolute atomic E-state index is 12.0. The lowest BCUT2D eigenvalue weighted by Crippen LogP contribution is -2.47. The third-order valence-electron chi connectivity index (χ3n) is 3.76. The molecule has 116 valence electrons. The fraction of sp³-hybridized carbons (Fsp3) is 0.917. The van der Waals surface area contributed by atoms with Crippen molar-refractivity contribution in [3.8, 4) is 0 Å². The van der Waals surface area contributed by atoms with Crippen molar-refractivity contribution in [2.45, 2.75) is 18.9 Å². The van der Waals surface area contributed by atoms with Crippen LogP contribution in [0.25, 0.3) is 0 Å². The van der Waals surface area contributed by atoms with Gasteiger partial charge in [0.2, 0.25) is 15.9 Å². The molecule has 2 N–H and O–H groups in total. The van der Waals surface area contributed by atoms with Crippen LogP contribution in [0.4, 0.5) is 0 Å². The average molecular weight is 304 g/mol. The van der Waals surface area contributed by atoms with Crippen LogP contribution in [0.1, 0.15) is 12.8 Å². The van der Waals surface area contributed by atoms with Gasteiger partial charge < -0.3 is 15.1 Å². The fourth-order valence-corrected chi connectivity index (χ4v) is 3.56. The van der Waals surface area contributed by atoms with Crippen LogP contribution in [0.3, 0.4) is 0 Å². The highest BCUT2D eigenvalue weighted by atomic mass is 32.2. The van der Waals surface area contributed by atoms with E-state index in [2.05, 4.69) is 14.9 Å². The molecule has 2 aliphatic rings. The molecule has 0 aromatic heterocycles. The third-order valence-corrected chi connectivity index (χ3v) is 4.53. The molecule has 0 aromatic rings. The standard InChI is InChI=1S/C12H24N4O3S/c1-20(18,19)14-11-2-6-15(10-11)7-3-12(17)16-8-4-13-5-9-16/h11,13-14H,2-10H2,1H3. The van der Waals surface area contributed by atoms with Crippen LogP contribution in [-0.4, -0.2) is 82.2 Å². The summed E-state index contributed by atoms with van der Waals surface area (Å²) in [6.45, 7) is 5.58. The summed E-state index contributed by atoms with van der Waals surface area (Å²) in [5.41, 5.74) is 0. The zero-order valence-corrected chi connectivity index (χ0v) is 12.8. The van der Waals surface area contributed by atoms with Crippen molar-refractivity contribution < 1.29 is 13.2 Å². The first-order chi connectivity index (χ1) is 9.44. The summed E-state index contributed by atoms with van der Waals surface area (Å²) >= 11 is 0. The monoisotopic (exact) mass is 304 g/mol. The highest BCUT2D eigenvalue weighted by Crippen LogP contribution is 2.11. The van der Waals surface area contributed by atoms with Gasteiger partial charge in [-0.3, -0.25) is 4.79 Å². The molecule has 7 nitrogen and oxygen atoms in total. The fourth-order valence-electron chi connectivity index (χ4n) is 2.76. The Morgan fingerprint density at radius 2 is 2.00 bits per heavy atom. The van der Waals surface area contributed by atoms with E-state index in [-0.39, 0.29) is 11.9 Å². The second-order valence-corrected chi connectivity index (χ2v) is 7.34. The summed E-state index contributed by atoms with van der Waals surface area (Å²) in [6, 6.07) is -0.0145. The van der Waals surface area contributed by atoms with E-state index in [1.807, 2.05) is 4.90 Å². The minimum atomic E-state index is -3.14. The van der Waals surface area contributed by atoms with E-state index >= 15 is 0 Å². The van der Waals surface area contributed by atoms with Gasteiger partial charge in [-0.2, -0.15) is 0 Å². The largest absolute Gasteiger partial charge is 0.340 e. The molecule has 20 heavy (non-hydrogen) atoms. The van der Waals surface area contributed by atoms with Crippen molar-refractivity contribution in [2.24, 2.45) is 0 Å². The summed E-state index contributed by atoms with van der Waals surface area (Å²) in [6.07, 6.45) is 2.52. The SMILES string of the molecule is CS(=O)(=O)NC1CCN(CCC(=O)N2CCNCC2)C1. The van der Waals surface area contributed by atoms with E-state index in [1.165, 1.54) is 6.26 Å². The molecule has 0 radical (unpaired) electrons. The number of amides is 1. The zero-order valence-electron chi connectivity index (χ0n) is 12.0. The predicted molar refractivity (Wildman–Crippen MR) is 76.9 cm³/mol. The van der Waals surface area contributed by atoms with Gasteiger partial charge in [0.25, 0.3) is 0 Å². The van der Waals surface area contributed by atoms with Gasteiger partial charge >= 0.3 is 0 Å². The van der Waals surface area contributed by atoms with Crippen LogP contribution >= 0.6 is 0 Å². The summed E-state index contributed by atoms with van der Waals surface area (Å²) < 4.78 is 25.0. The van der Waals surface area contributed by atoms with Crippen LogP contribution in [0, 0.1) is 0 Å². The lowest BCUT2D eigenvalue weighted by molar-refractivity contribution is -0.132. The molecule has 8 heteroatoms. The van der Waals surface area contributed by atoms with E-state index in [1.54, 1.807) is 0 Å².